The number of likely N-dealkylation sites (tertiary alicyclic amines) is 3. The van der Waals surface area contributed by atoms with Gasteiger partial charge in [-0.2, -0.15) is 4.31 Å². The first kappa shape index (κ1) is 30.5. The van der Waals surface area contributed by atoms with Crippen molar-refractivity contribution in [3.63, 3.8) is 0 Å². The minimum atomic E-state index is -4.10. The lowest BCUT2D eigenvalue weighted by Crippen LogP contribution is -2.53. The average molecular weight is 644 g/mol. The molecule has 3 aliphatic rings. The van der Waals surface area contributed by atoms with E-state index in [1.807, 2.05) is 17.2 Å². The van der Waals surface area contributed by atoms with Gasteiger partial charge in [-0.1, -0.05) is 23.7 Å². The van der Waals surface area contributed by atoms with Crippen LogP contribution in [0.2, 0.25) is 5.02 Å². The van der Waals surface area contributed by atoms with Gasteiger partial charge in [0.15, 0.2) is 0 Å². The predicted molar refractivity (Wildman–Crippen MR) is 169 cm³/mol. The van der Waals surface area contributed by atoms with Gasteiger partial charge in [0.25, 0.3) is 0 Å². The molecule has 2 aromatic carbocycles. The fraction of sp³-hybridized carbons (Fsp3) is 0.516. The van der Waals surface area contributed by atoms with Crippen LogP contribution in [0.3, 0.4) is 0 Å². The number of benzene rings is 2. The quantitative estimate of drug-likeness (QED) is 0.340. The Morgan fingerprint density at radius 2 is 1.81 bits per heavy atom. The van der Waals surface area contributed by atoms with Crippen molar-refractivity contribution in [3.8, 4) is 0 Å². The number of thiazole rings is 1. The van der Waals surface area contributed by atoms with Gasteiger partial charge in [0, 0.05) is 36.1 Å². The van der Waals surface area contributed by atoms with E-state index in [0.29, 0.717) is 30.2 Å². The maximum atomic E-state index is 14.2. The standard InChI is InChI=1S/C31H38ClN5O4S2/c1-21(30(38)36-14-5-6-27(36)19-34-12-3-4-13-34)35-15-11-29(31(35)39)37(18-26-20-42-22(2)33-26)43(40,41)28-10-8-23-16-25(32)9-7-24(23)17-28/h7-10,16-17,20-21,27,29H,3-6,11-15,18-19H2,1-2H3/t21-,27-,29-/m0/s1. The summed E-state index contributed by atoms with van der Waals surface area (Å²) in [5.41, 5.74) is 0.593. The average Bonchev–Trinajstić information content (AvgIpc) is 3.80. The van der Waals surface area contributed by atoms with Crippen LogP contribution in [-0.4, -0.2) is 95.1 Å². The molecule has 0 saturated carbocycles. The fourth-order valence-electron chi connectivity index (χ4n) is 6.78. The Hall–Kier alpha value is -2.57. The first-order valence-electron chi connectivity index (χ1n) is 15.1. The van der Waals surface area contributed by atoms with E-state index in [9.17, 15) is 18.0 Å². The number of aromatic nitrogens is 1. The fourth-order valence-corrected chi connectivity index (χ4v) is 9.19. The summed E-state index contributed by atoms with van der Waals surface area (Å²) in [4.78, 5) is 38.3. The molecule has 6 rings (SSSR count). The first-order chi connectivity index (χ1) is 20.6. The molecular formula is C31H38ClN5O4S2. The van der Waals surface area contributed by atoms with Crippen molar-refractivity contribution >= 4 is 55.5 Å². The number of carbonyl (C=O) groups excluding carboxylic acids is 2. The summed E-state index contributed by atoms with van der Waals surface area (Å²) in [7, 11) is -4.10. The molecular weight excluding hydrogens is 606 g/mol. The number of aryl methyl sites for hydroxylation is 1. The third-order valence-electron chi connectivity index (χ3n) is 9.08. The third-order valence-corrected chi connectivity index (χ3v) is 12.0. The van der Waals surface area contributed by atoms with E-state index < -0.39 is 22.1 Å². The highest BCUT2D eigenvalue weighted by molar-refractivity contribution is 7.89. The Labute approximate surface area is 262 Å². The molecule has 43 heavy (non-hydrogen) atoms. The van der Waals surface area contributed by atoms with Crippen LogP contribution in [0.25, 0.3) is 10.8 Å². The number of hydrogen-bond donors (Lipinski definition) is 0. The van der Waals surface area contributed by atoms with Crippen LogP contribution in [0.4, 0.5) is 0 Å². The summed E-state index contributed by atoms with van der Waals surface area (Å²) in [5.74, 6) is -0.382. The monoisotopic (exact) mass is 643 g/mol. The summed E-state index contributed by atoms with van der Waals surface area (Å²) >= 11 is 7.58. The molecule has 230 valence electrons. The molecule has 0 N–H and O–H groups in total. The van der Waals surface area contributed by atoms with Gasteiger partial charge < -0.3 is 14.7 Å². The Balaban J connectivity index is 1.25. The number of halogens is 1. The summed E-state index contributed by atoms with van der Waals surface area (Å²) in [5, 5.41) is 4.79. The van der Waals surface area contributed by atoms with Crippen molar-refractivity contribution in [2.45, 2.75) is 75.5 Å². The van der Waals surface area contributed by atoms with Gasteiger partial charge in [-0.25, -0.2) is 13.4 Å². The Morgan fingerprint density at radius 1 is 1.07 bits per heavy atom. The van der Waals surface area contributed by atoms with Crippen LogP contribution in [0, 0.1) is 6.92 Å². The molecule has 2 amide bonds. The van der Waals surface area contributed by atoms with Gasteiger partial charge in [-0.3, -0.25) is 9.59 Å². The van der Waals surface area contributed by atoms with Gasteiger partial charge in [0.2, 0.25) is 21.8 Å². The summed E-state index contributed by atoms with van der Waals surface area (Å²) in [6.45, 7) is 7.68. The zero-order valence-electron chi connectivity index (χ0n) is 24.6. The number of rotatable bonds is 9. The molecule has 1 aromatic heterocycles. The highest BCUT2D eigenvalue weighted by atomic mass is 35.5. The van der Waals surface area contributed by atoms with Crippen LogP contribution in [0.5, 0.6) is 0 Å². The van der Waals surface area contributed by atoms with Crippen LogP contribution in [0.15, 0.2) is 46.7 Å². The van der Waals surface area contributed by atoms with Crippen molar-refractivity contribution in [3.05, 3.63) is 57.5 Å². The number of carbonyl (C=O) groups is 2. The third kappa shape index (κ3) is 6.20. The zero-order chi connectivity index (χ0) is 30.3. The molecule has 3 saturated heterocycles. The van der Waals surface area contributed by atoms with Crippen molar-refractivity contribution in [2.24, 2.45) is 0 Å². The van der Waals surface area contributed by atoms with Crippen LogP contribution >= 0.6 is 22.9 Å². The number of hydrogen-bond acceptors (Lipinski definition) is 7. The highest BCUT2D eigenvalue weighted by Crippen LogP contribution is 2.31. The lowest BCUT2D eigenvalue weighted by molar-refractivity contribution is -0.144. The minimum Gasteiger partial charge on any atom is -0.337 e. The zero-order valence-corrected chi connectivity index (χ0v) is 27.0. The van der Waals surface area contributed by atoms with E-state index in [0.717, 1.165) is 48.3 Å². The van der Waals surface area contributed by atoms with Crippen LogP contribution in [0.1, 0.15) is 49.7 Å². The predicted octanol–water partition coefficient (Wildman–Crippen LogP) is 4.53. The molecule has 0 radical (unpaired) electrons. The molecule has 0 spiro atoms. The van der Waals surface area contributed by atoms with Gasteiger partial charge in [0.05, 0.1) is 22.1 Å². The topological polar surface area (TPSA) is 94.1 Å². The van der Waals surface area contributed by atoms with E-state index in [2.05, 4.69) is 9.88 Å². The second kappa shape index (κ2) is 12.4. The molecule has 0 aliphatic carbocycles. The maximum Gasteiger partial charge on any atom is 0.245 e. The summed E-state index contributed by atoms with van der Waals surface area (Å²) < 4.78 is 29.8. The number of nitrogens with zero attached hydrogens (tertiary/aromatic N) is 5. The number of sulfonamides is 1. The molecule has 3 aromatic rings. The molecule has 0 bridgehead atoms. The van der Waals surface area contributed by atoms with Gasteiger partial charge in [-0.05, 0) is 94.1 Å². The smallest absolute Gasteiger partial charge is 0.245 e. The first-order valence-corrected chi connectivity index (χ1v) is 17.8. The van der Waals surface area contributed by atoms with E-state index in [4.69, 9.17) is 11.6 Å². The van der Waals surface area contributed by atoms with Gasteiger partial charge >= 0.3 is 0 Å². The maximum absolute atomic E-state index is 14.2. The molecule has 9 nitrogen and oxygen atoms in total. The Kier molecular flexibility index (Phi) is 8.81. The van der Waals surface area contributed by atoms with Gasteiger partial charge in [0.1, 0.15) is 12.1 Å². The van der Waals surface area contributed by atoms with E-state index >= 15 is 0 Å². The lowest BCUT2D eigenvalue weighted by Gasteiger charge is -2.34. The molecule has 12 heteroatoms. The van der Waals surface area contributed by atoms with Crippen molar-refractivity contribution in [2.75, 3.05) is 32.7 Å². The highest BCUT2D eigenvalue weighted by Gasteiger charge is 2.46. The number of fused-ring (bicyclic) bond motifs is 1. The van der Waals surface area contributed by atoms with Crippen molar-refractivity contribution in [1.29, 1.82) is 0 Å². The minimum absolute atomic E-state index is 0.0259. The molecule has 4 heterocycles. The normalized spacial score (nSPS) is 22.4. The summed E-state index contributed by atoms with van der Waals surface area (Å²) in [6.07, 6.45) is 4.65. The van der Waals surface area contributed by atoms with Crippen molar-refractivity contribution < 1.29 is 18.0 Å². The number of amides is 2. The second-order valence-electron chi connectivity index (χ2n) is 11.9. The lowest BCUT2D eigenvalue weighted by atomic mass is 10.1. The summed E-state index contributed by atoms with van der Waals surface area (Å²) in [6, 6.07) is 8.79. The molecule has 3 fully saturated rings. The van der Waals surface area contributed by atoms with E-state index in [-0.39, 0.29) is 29.3 Å². The van der Waals surface area contributed by atoms with E-state index in [1.54, 1.807) is 48.2 Å². The largest absolute Gasteiger partial charge is 0.337 e. The second-order valence-corrected chi connectivity index (χ2v) is 15.3. The molecule has 3 aliphatic heterocycles. The SMILES string of the molecule is Cc1nc(CN([C@H]2CCN([C@@H](C)C(=O)N3CCC[C@H]3CN3CCCC3)C2=O)S(=O)(=O)c2ccc3cc(Cl)ccc3c2)cs1. The van der Waals surface area contributed by atoms with Crippen molar-refractivity contribution in [1.82, 2.24) is 24.0 Å². The van der Waals surface area contributed by atoms with Gasteiger partial charge in [-0.15, -0.1) is 11.3 Å². The van der Waals surface area contributed by atoms with E-state index in [1.165, 1.54) is 28.5 Å². The van der Waals surface area contributed by atoms with Crippen LogP contribution in [-0.2, 0) is 26.2 Å². The molecule has 3 atom stereocenters. The van der Waals surface area contributed by atoms with Crippen LogP contribution < -0.4 is 0 Å². The Morgan fingerprint density at radius 3 is 2.56 bits per heavy atom. The molecule has 0 unspecified atom stereocenters. The Bertz CT molecular complexity index is 1620.